The first-order chi connectivity index (χ1) is 10.6. The molecular weight excluding hydrogens is 293 g/mol. The van der Waals surface area contributed by atoms with Crippen LogP contribution < -0.4 is 10.4 Å². The van der Waals surface area contributed by atoms with E-state index >= 15 is 0 Å². The minimum absolute atomic E-state index is 0.227. The maximum Gasteiger partial charge on any atom is 0.491 e. The van der Waals surface area contributed by atoms with Gasteiger partial charge < -0.3 is 24.4 Å². The lowest BCUT2D eigenvalue weighted by Crippen LogP contribution is -2.53. The molecule has 5 nitrogen and oxygen atoms in total. The van der Waals surface area contributed by atoms with Gasteiger partial charge in [0.25, 0.3) is 0 Å². The molecule has 128 valence electrons. The molecule has 1 aliphatic rings. The molecule has 0 aromatic heterocycles. The van der Waals surface area contributed by atoms with E-state index in [0.29, 0.717) is 5.46 Å². The van der Waals surface area contributed by atoms with Gasteiger partial charge in [0.1, 0.15) is 0 Å². The number of hydrogen-bond donors (Lipinski definition) is 2. The van der Waals surface area contributed by atoms with Crippen LogP contribution >= 0.6 is 0 Å². The number of morpholine rings is 1. The zero-order valence-electron chi connectivity index (χ0n) is 14.7. The first-order valence-corrected chi connectivity index (χ1v) is 8.15. The van der Waals surface area contributed by atoms with E-state index < -0.39 is 18.3 Å². The Labute approximate surface area is 139 Å². The summed E-state index contributed by atoms with van der Waals surface area (Å²) in [7, 11) is -1.07. The highest BCUT2D eigenvalue weighted by molar-refractivity contribution is 6.60. The lowest BCUT2D eigenvalue weighted by molar-refractivity contribution is -0.0982. The molecule has 1 aromatic carbocycles. The number of aliphatic hydroxyl groups is 1. The highest BCUT2D eigenvalue weighted by Gasteiger charge is 2.39. The van der Waals surface area contributed by atoms with Gasteiger partial charge in [0.15, 0.2) is 0 Å². The minimum atomic E-state index is -1.07. The summed E-state index contributed by atoms with van der Waals surface area (Å²) in [5, 5.41) is 20.4. The van der Waals surface area contributed by atoms with E-state index in [0.717, 1.165) is 25.4 Å². The summed E-state index contributed by atoms with van der Waals surface area (Å²) in [5.41, 5.74) is -0.145. The fourth-order valence-corrected chi connectivity index (χ4v) is 2.39. The van der Waals surface area contributed by atoms with Gasteiger partial charge in [-0.1, -0.05) is 12.1 Å². The number of ether oxygens (including phenoxy) is 1. The molecule has 1 aromatic rings. The van der Waals surface area contributed by atoms with Gasteiger partial charge in [-0.3, -0.25) is 0 Å². The molecule has 0 aliphatic carbocycles. The molecule has 0 amide bonds. The van der Waals surface area contributed by atoms with Crippen LogP contribution in [0.5, 0.6) is 0 Å². The molecule has 0 radical (unpaired) electrons. The number of anilines is 1. The van der Waals surface area contributed by atoms with E-state index in [2.05, 4.69) is 11.8 Å². The van der Waals surface area contributed by atoms with Gasteiger partial charge in [0.05, 0.1) is 23.9 Å². The predicted molar refractivity (Wildman–Crippen MR) is 93.1 cm³/mol. The van der Waals surface area contributed by atoms with E-state index in [1.807, 2.05) is 24.3 Å². The Morgan fingerprint density at radius 3 is 2.35 bits per heavy atom. The largest absolute Gasteiger partial charge is 0.491 e. The summed E-state index contributed by atoms with van der Waals surface area (Å²) in [4.78, 5) is 2.27. The average molecular weight is 321 g/mol. The SMILES string of the molecule is CC1CN(c2ccc(B(O)OC(C)(C)C(C)(C)O)cc2)CCO1. The normalized spacial score (nSPS) is 19.8. The number of rotatable bonds is 5. The summed E-state index contributed by atoms with van der Waals surface area (Å²) in [5.74, 6) is 0. The molecule has 6 heteroatoms. The van der Waals surface area contributed by atoms with Gasteiger partial charge in [-0.25, -0.2) is 0 Å². The van der Waals surface area contributed by atoms with Crippen LogP contribution in [0.3, 0.4) is 0 Å². The second-order valence-corrected chi connectivity index (χ2v) is 7.26. The van der Waals surface area contributed by atoms with E-state index in [1.165, 1.54) is 0 Å². The molecule has 1 unspecified atom stereocenters. The van der Waals surface area contributed by atoms with Crippen molar-refractivity contribution in [2.45, 2.75) is 51.9 Å². The van der Waals surface area contributed by atoms with Crippen LogP contribution in [-0.2, 0) is 9.39 Å². The van der Waals surface area contributed by atoms with Gasteiger partial charge in [0, 0.05) is 18.8 Å². The van der Waals surface area contributed by atoms with Crippen molar-refractivity contribution in [3.05, 3.63) is 24.3 Å². The van der Waals surface area contributed by atoms with Crippen LogP contribution in [0.25, 0.3) is 0 Å². The number of nitrogens with zero attached hydrogens (tertiary/aromatic N) is 1. The maximum atomic E-state index is 10.3. The molecule has 2 rings (SSSR count). The fourth-order valence-electron chi connectivity index (χ4n) is 2.39. The number of hydrogen-bond acceptors (Lipinski definition) is 5. The van der Waals surface area contributed by atoms with Crippen LogP contribution in [0.1, 0.15) is 34.6 Å². The van der Waals surface area contributed by atoms with E-state index in [4.69, 9.17) is 9.39 Å². The maximum absolute atomic E-state index is 10.3. The first kappa shape index (κ1) is 18.3. The molecule has 1 atom stereocenters. The Bertz CT molecular complexity index is 512. The van der Waals surface area contributed by atoms with Crippen molar-refractivity contribution in [3.8, 4) is 0 Å². The summed E-state index contributed by atoms with van der Waals surface area (Å²) in [6.45, 7) is 11.4. The quantitative estimate of drug-likeness (QED) is 0.797. The summed E-state index contributed by atoms with van der Waals surface area (Å²) in [6.07, 6.45) is 0.227. The van der Waals surface area contributed by atoms with Gasteiger partial charge in [-0.05, 0) is 52.2 Å². The second kappa shape index (κ2) is 6.81. The Hall–Kier alpha value is -1.08. The van der Waals surface area contributed by atoms with Crippen molar-refractivity contribution in [3.63, 3.8) is 0 Å². The highest BCUT2D eigenvalue weighted by atomic mass is 16.5. The van der Waals surface area contributed by atoms with Crippen LogP contribution in [0.2, 0.25) is 0 Å². The molecule has 1 heterocycles. The molecule has 0 saturated carbocycles. The van der Waals surface area contributed by atoms with Crippen molar-refractivity contribution in [2.24, 2.45) is 0 Å². The van der Waals surface area contributed by atoms with Crippen molar-refractivity contribution < 1.29 is 19.5 Å². The van der Waals surface area contributed by atoms with Crippen molar-refractivity contribution in [2.75, 3.05) is 24.6 Å². The van der Waals surface area contributed by atoms with Gasteiger partial charge in [0.2, 0.25) is 0 Å². The van der Waals surface area contributed by atoms with Crippen LogP contribution in [0.15, 0.2) is 24.3 Å². The van der Waals surface area contributed by atoms with Gasteiger partial charge in [-0.2, -0.15) is 0 Å². The first-order valence-electron chi connectivity index (χ1n) is 8.15. The Kier molecular flexibility index (Phi) is 5.41. The highest BCUT2D eigenvalue weighted by Crippen LogP contribution is 2.25. The third-order valence-electron chi connectivity index (χ3n) is 4.66. The topological polar surface area (TPSA) is 62.2 Å². The molecule has 1 saturated heterocycles. The molecule has 1 aliphatic heterocycles. The Balaban J connectivity index is 2.04. The fraction of sp³-hybridized carbons (Fsp3) is 0.647. The minimum Gasteiger partial charge on any atom is -0.423 e. The third kappa shape index (κ3) is 4.47. The van der Waals surface area contributed by atoms with Gasteiger partial charge >= 0.3 is 7.12 Å². The molecular formula is C17H28BNO4. The lowest BCUT2D eigenvalue weighted by Gasteiger charge is -2.38. The smallest absolute Gasteiger partial charge is 0.423 e. The zero-order valence-corrected chi connectivity index (χ0v) is 14.7. The van der Waals surface area contributed by atoms with Crippen LogP contribution in [0.4, 0.5) is 5.69 Å². The van der Waals surface area contributed by atoms with Gasteiger partial charge in [-0.15, -0.1) is 0 Å². The Morgan fingerprint density at radius 2 is 1.83 bits per heavy atom. The summed E-state index contributed by atoms with van der Waals surface area (Å²) < 4.78 is 11.2. The predicted octanol–water partition coefficient (Wildman–Crippen LogP) is 1.17. The molecule has 0 bridgehead atoms. The third-order valence-corrected chi connectivity index (χ3v) is 4.66. The lowest BCUT2D eigenvalue weighted by atomic mass is 9.76. The van der Waals surface area contributed by atoms with Crippen LogP contribution in [0, 0.1) is 0 Å². The van der Waals surface area contributed by atoms with E-state index in [9.17, 15) is 10.1 Å². The molecule has 0 spiro atoms. The average Bonchev–Trinajstić information content (AvgIpc) is 2.46. The Morgan fingerprint density at radius 1 is 1.22 bits per heavy atom. The summed E-state index contributed by atoms with van der Waals surface area (Å²) in [6, 6.07) is 7.69. The number of benzene rings is 1. The molecule has 1 fully saturated rings. The molecule has 23 heavy (non-hydrogen) atoms. The van der Waals surface area contributed by atoms with E-state index in [-0.39, 0.29) is 6.10 Å². The van der Waals surface area contributed by atoms with Crippen molar-refractivity contribution in [1.29, 1.82) is 0 Å². The second-order valence-electron chi connectivity index (χ2n) is 7.26. The van der Waals surface area contributed by atoms with Crippen molar-refractivity contribution in [1.82, 2.24) is 0 Å². The molecule has 2 N–H and O–H groups in total. The monoisotopic (exact) mass is 321 g/mol. The standard InChI is InChI=1S/C17H28BNO4/c1-13-12-19(10-11-22-13)15-8-6-14(7-9-15)18(21)23-17(4,5)16(2,3)20/h6-9,13,20-21H,10-12H2,1-5H3. The zero-order chi connectivity index (χ0) is 17.3. The van der Waals surface area contributed by atoms with E-state index in [1.54, 1.807) is 27.7 Å². The van der Waals surface area contributed by atoms with Crippen LogP contribution in [-0.4, -0.2) is 54.3 Å². The van der Waals surface area contributed by atoms with Crippen molar-refractivity contribution >= 4 is 18.3 Å². The summed E-state index contributed by atoms with van der Waals surface area (Å²) >= 11 is 0.